The molecule has 0 heterocycles. The molecule has 1 saturated carbocycles. The first-order chi connectivity index (χ1) is 11.4. The summed E-state index contributed by atoms with van der Waals surface area (Å²) in [6.45, 7) is 0. The monoisotopic (exact) mass is 336 g/mol. The number of nitrogens with zero attached hydrogens (tertiary/aromatic N) is 4. The number of allylic oxidation sites excluding steroid dienone is 2. The Balaban J connectivity index is 2.88. The Morgan fingerprint density at radius 3 is 2.00 bits per heavy atom. The van der Waals surface area contributed by atoms with Gasteiger partial charge in [0.15, 0.2) is 5.41 Å². The van der Waals surface area contributed by atoms with Gasteiger partial charge in [0, 0.05) is 10.9 Å². The zero-order chi connectivity index (χ0) is 18.1. The molecule has 116 valence electrons. The highest BCUT2D eigenvalue weighted by atomic mass is 35.5. The van der Waals surface area contributed by atoms with Gasteiger partial charge < -0.3 is 11.5 Å². The summed E-state index contributed by atoms with van der Waals surface area (Å²) >= 11 is 6.13. The fraction of sp³-hybridized carbons (Fsp3) is 0.188. The molecule has 24 heavy (non-hydrogen) atoms. The maximum absolute atomic E-state index is 12.0. The number of carbonyl (C=O) groups is 1. The summed E-state index contributed by atoms with van der Waals surface area (Å²) in [5.41, 5.74) is 6.62. The van der Waals surface area contributed by atoms with Crippen molar-refractivity contribution in [1.29, 1.82) is 21.0 Å². The molecule has 1 aromatic carbocycles. The molecule has 2 rings (SSSR count). The van der Waals surface area contributed by atoms with E-state index in [1.807, 2.05) is 6.07 Å². The molecule has 1 amide bonds. The van der Waals surface area contributed by atoms with Crippen LogP contribution in [0.5, 0.6) is 0 Å². The zero-order valence-electron chi connectivity index (χ0n) is 12.1. The second-order valence-corrected chi connectivity index (χ2v) is 5.58. The number of primary amides is 1. The lowest BCUT2D eigenvalue weighted by Crippen LogP contribution is -2.32. The molecule has 0 saturated heterocycles. The van der Waals surface area contributed by atoms with Crippen molar-refractivity contribution in [3.05, 3.63) is 46.1 Å². The van der Waals surface area contributed by atoms with Gasteiger partial charge in [-0.25, -0.2) is 0 Å². The highest BCUT2D eigenvalue weighted by Crippen LogP contribution is 2.76. The Labute approximate surface area is 142 Å². The van der Waals surface area contributed by atoms with Crippen LogP contribution in [0, 0.1) is 56.2 Å². The number of nitriles is 4. The molecule has 3 atom stereocenters. The van der Waals surface area contributed by atoms with E-state index in [2.05, 4.69) is 0 Å². The normalized spacial score (nSPS) is 26.8. The highest BCUT2D eigenvalue weighted by molar-refractivity contribution is 6.31. The number of carbonyl (C=O) groups excluding carboxylic acids is 1. The van der Waals surface area contributed by atoms with Gasteiger partial charge in [0.25, 0.3) is 0 Å². The van der Waals surface area contributed by atoms with E-state index >= 15 is 0 Å². The summed E-state index contributed by atoms with van der Waals surface area (Å²) in [5.74, 6) is -2.16. The minimum absolute atomic E-state index is 0.212. The summed E-state index contributed by atoms with van der Waals surface area (Å²) in [5, 5.41) is 37.6. The summed E-state index contributed by atoms with van der Waals surface area (Å²) in [6, 6.07) is 13.0. The van der Waals surface area contributed by atoms with Crippen LogP contribution in [0.4, 0.5) is 0 Å². The first-order valence-corrected chi connectivity index (χ1v) is 6.94. The van der Waals surface area contributed by atoms with Gasteiger partial charge >= 0.3 is 0 Å². The van der Waals surface area contributed by atoms with E-state index in [9.17, 15) is 15.3 Å². The molecule has 1 aliphatic carbocycles. The Bertz CT molecular complexity index is 925. The Morgan fingerprint density at radius 2 is 1.58 bits per heavy atom. The average molecular weight is 337 g/mol. The quantitative estimate of drug-likeness (QED) is 0.787. The molecule has 0 spiro atoms. The topological polar surface area (TPSA) is 164 Å². The molecule has 0 aliphatic heterocycles. The maximum Gasteiger partial charge on any atom is 0.240 e. The van der Waals surface area contributed by atoms with Crippen molar-refractivity contribution in [3.63, 3.8) is 0 Å². The first-order valence-electron chi connectivity index (χ1n) is 6.56. The molecular weight excluding hydrogens is 328 g/mol. The zero-order valence-corrected chi connectivity index (χ0v) is 12.9. The molecule has 1 aliphatic rings. The van der Waals surface area contributed by atoms with Crippen LogP contribution in [0.3, 0.4) is 0 Å². The van der Waals surface area contributed by atoms with Crippen LogP contribution in [0.1, 0.15) is 11.5 Å². The SMILES string of the molecule is N#CC(C#N)=C(N)C1(C#N)C(c2ccccc2Cl)C1(C#N)C(N)=O. The van der Waals surface area contributed by atoms with E-state index < -0.39 is 33.9 Å². The van der Waals surface area contributed by atoms with Crippen molar-refractivity contribution in [2.24, 2.45) is 22.3 Å². The van der Waals surface area contributed by atoms with Gasteiger partial charge in [-0.15, -0.1) is 0 Å². The molecule has 0 bridgehead atoms. The number of halogens is 1. The van der Waals surface area contributed by atoms with Gasteiger partial charge in [0.1, 0.15) is 23.1 Å². The molecule has 1 aromatic rings. The van der Waals surface area contributed by atoms with E-state index in [4.69, 9.17) is 33.6 Å². The van der Waals surface area contributed by atoms with Crippen molar-refractivity contribution in [3.8, 4) is 24.3 Å². The fourth-order valence-corrected chi connectivity index (χ4v) is 3.36. The van der Waals surface area contributed by atoms with Crippen LogP contribution in [0.15, 0.2) is 35.5 Å². The number of hydrogen-bond acceptors (Lipinski definition) is 6. The van der Waals surface area contributed by atoms with Crippen LogP contribution in [0.2, 0.25) is 5.02 Å². The van der Waals surface area contributed by atoms with Crippen molar-refractivity contribution >= 4 is 17.5 Å². The summed E-state index contributed by atoms with van der Waals surface area (Å²) in [7, 11) is 0. The van der Waals surface area contributed by atoms with Crippen LogP contribution in [0.25, 0.3) is 0 Å². The Kier molecular flexibility index (Phi) is 3.93. The Morgan fingerprint density at radius 1 is 1.04 bits per heavy atom. The van der Waals surface area contributed by atoms with E-state index in [-0.39, 0.29) is 5.02 Å². The smallest absolute Gasteiger partial charge is 0.240 e. The lowest BCUT2D eigenvalue weighted by molar-refractivity contribution is -0.122. The predicted octanol–water partition coefficient (Wildman–Crippen LogP) is 1.20. The van der Waals surface area contributed by atoms with Gasteiger partial charge in [0.05, 0.1) is 17.8 Å². The standard InChI is InChI=1S/C16H9ClN6O/c17-11-4-2-1-3-10(11)12-15(7-20,13(22)9(5-18)6-19)16(12,8-21)14(23)24/h1-4,12H,22H2,(H2,23,24). The van der Waals surface area contributed by atoms with Crippen molar-refractivity contribution in [1.82, 2.24) is 0 Å². The minimum atomic E-state index is -2.02. The fourth-order valence-electron chi connectivity index (χ4n) is 3.12. The van der Waals surface area contributed by atoms with E-state index in [0.29, 0.717) is 5.56 Å². The second kappa shape index (κ2) is 5.60. The third-order valence-electron chi connectivity index (χ3n) is 4.28. The van der Waals surface area contributed by atoms with E-state index in [0.717, 1.165) is 0 Å². The van der Waals surface area contributed by atoms with E-state index in [1.165, 1.54) is 12.1 Å². The van der Waals surface area contributed by atoms with Crippen molar-refractivity contribution in [2.45, 2.75) is 5.92 Å². The van der Waals surface area contributed by atoms with Gasteiger partial charge in [-0.1, -0.05) is 29.8 Å². The number of rotatable bonds is 3. The second-order valence-electron chi connectivity index (χ2n) is 5.17. The first kappa shape index (κ1) is 16.8. The van der Waals surface area contributed by atoms with Crippen molar-refractivity contribution in [2.75, 3.05) is 0 Å². The van der Waals surface area contributed by atoms with E-state index in [1.54, 1.807) is 30.3 Å². The predicted molar refractivity (Wildman–Crippen MR) is 81.9 cm³/mol. The molecule has 0 aromatic heterocycles. The van der Waals surface area contributed by atoms with Crippen molar-refractivity contribution < 1.29 is 4.79 Å². The molecule has 8 heteroatoms. The minimum Gasteiger partial charge on any atom is -0.399 e. The van der Waals surface area contributed by atoms with Crippen LogP contribution in [-0.2, 0) is 4.79 Å². The molecule has 7 nitrogen and oxygen atoms in total. The number of benzene rings is 1. The lowest BCUT2D eigenvalue weighted by Gasteiger charge is -2.11. The molecule has 1 fully saturated rings. The third kappa shape index (κ3) is 1.77. The van der Waals surface area contributed by atoms with Crippen LogP contribution in [-0.4, -0.2) is 5.91 Å². The summed E-state index contributed by atoms with van der Waals surface area (Å²) in [4.78, 5) is 12.0. The van der Waals surface area contributed by atoms with Crippen LogP contribution >= 0.6 is 11.6 Å². The Hall–Kier alpha value is -3.52. The maximum atomic E-state index is 12.0. The van der Waals surface area contributed by atoms with Crippen LogP contribution < -0.4 is 11.5 Å². The molecule has 3 unspecified atom stereocenters. The average Bonchev–Trinajstić information content (AvgIpc) is 3.20. The highest BCUT2D eigenvalue weighted by Gasteiger charge is 2.84. The molecule has 4 N–H and O–H groups in total. The number of nitrogens with two attached hydrogens (primary N) is 2. The molecular formula is C16H9ClN6O. The summed E-state index contributed by atoms with van der Waals surface area (Å²) < 4.78 is 0. The molecule has 0 radical (unpaired) electrons. The largest absolute Gasteiger partial charge is 0.399 e. The van der Waals surface area contributed by atoms with Gasteiger partial charge in [-0.2, -0.15) is 21.0 Å². The third-order valence-corrected chi connectivity index (χ3v) is 4.62. The lowest BCUT2D eigenvalue weighted by atomic mass is 9.89. The number of amides is 1. The summed E-state index contributed by atoms with van der Waals surface area (Å²) in [6.07, 6.45) is 0. The van der Waals surface area contributed by atoms with Gasteiger partial charge in [0.2, 0.25) is 5.91 Å². The number of hydrogen-bond donors (Lipinski definition) is 2. The van der Waals surface area contributed by atoms with Gasteiger partial charge in [-0.05, 0) is 11.6 Å². The van der Waals surface area contributed by atoms with Gasteiger partial charge in [-0.3, -0.25) is 4.79 Å².